The molecule has 10 nitrogen and oxygen atoms in total. The largest absolute Gasteiger partial charge is 0.389 e. The summed E-state index contributed by atoms with van der Waals surface area (Å²) in [4.78, 5) is 54.1. The van der Waals surface area contributed by atoms with Crippen LogP contribution in [0.4, 0.5) is 0 Å². The highest BCUT2D eigenvalue weighted by atomic mass is 35.5. The number of aliphatic hydroxyl groups excluding tert-OH is 1. The molecule has 43 heavy (non-hydrogen) atoms. The Labute approximate surface area is 260 Å². The molecule has 5 N–H and O–H groups in total. The van der Waals surface area contributed by atoms with Crippen LogP contribution in [-0.4, -0.2) is 83.5 Å². The average Bonchev–Trinajstić information content (AvgIpc) is 3.63. The maximum atomic E-state index is 13.5. The number of halogens is 1. The summed E-state index contributed by atoms with van der Waals surface area (Å²) in [6.45, 7) is 8.50. The molecule has 2 heterocycles. The van der Waals surface area contributed by atoms with Crippen molar-refractivity contribution in [3.63, 3.8) is 0 Å². The highest BCUT2D eigenvalue weighted by molar-refractivity contribution is 5.94. The molecule has 2 aliphatic rings. The van der Waals surface area contributed by atoms with E-state index in [4.69, 9.17) is 0 Å². The number of fused-ring (bicyclic) bond motifs is 1. The molecule has 2 aromatic carbocycles. The molecule has 2 saturated heterocycles. The number of nitrogens with one attached hydrogen (secondary N) is 4. The van der Waals surface area contributed by atoms with E-state index in [1.165, 1.54) is 0 Å². The molecule has 0 aromatic heterocycles. The van der Waals surface area contributed by atoms with Crippen LogP contribution in [0.2, 0.25) is 0 Å². The van der Waals surface area contributed by atoms with Crippen LogP contribution in [0.1, 0.15) is 58.9 Å². The van der Waals surface area contributed by atoms with E-state index in [1.807, 2.05) is 70.2 Å². The summed E-state index contributed by atoms with van der Waals surface area (Å²) in [5, 5.41) is 24.2. The highest BCUT2D eigenvalue weighted by Crippen LogP contribution is 2.26. The van der Waals surface area contributed by atoms with E-state index in [0.29, 0.717) is 19.4 Å². The van der Waals surface area contributed by atoms with Crippen molar-refractivity contribution >= 4 is 46.8 Å². The number of nitrogens with zero attached hydrogens (tertiary/aromatic N) is 1. The maximum Gasteiger partial charge on any atom is 0.243 e. The first-order valence-corrected chi connectivity index (χ1v) is 15.0. The second-order valence-corrected chi connectivity index (χ2v) is 12.8. The Kier molecular flexibility index (Phi) is 11.6. The molecule has 236 valence electrons. The number of hydrogen-bond acceptors (Lipinski definition) is 6. The number of likely N-dealkylation sites (tertiary alicyclic amines) is 1. The molecule has 0 aliphatic carbocycles. The Morgan fingerprint density at radius 2 is 1.74 bits per heavy atom. The molecule has 11 heteroatoms. The molecule has 2 unspecified atom stereocenters. The monoisotopic (exact) mass is 615 g/mol. The minimum atomic E-state index is -1.00. The Balaban J connectivity index is 0.00000506. The van der Waals surface area contributed by atoms with Gasteiger partial charge in [-0.25, -0.2) is 0 Å². The lowest BCUT2D eigenvalue weighted by Crippen LogP contribution is -2.56. The predicted octanol–water partition coefficient (Wildman–Crippen LogP) is 2.06. The van der Waals surface area contributed by atoms with Crippen molar-refractivity contribution in [3.05, 3.63) is 48.0 Å². The summed E-state index contributed by atoms with van der Waals surface area (Å²) < 4.78 is 0. The number of amides is 4. The van der Waals surface area contributed by atoms with Crippen LogP contribution in [-0.2, 0) is 25.6 Å². The quantitative estimate of drug-likeness (QED) is 0.277. The van der Waals surface area contributed by atoms with Crippen molar-refractivity contribution in [1.29, 1.82) is 0 Å². The molecule has 0 spiro atoms. The number of rotatable bonds is 10. The lowest BCUT2D eigenvalue weighted by Gasteiger charge is -2.31. The van der Waals surface area contributed by atoms with Crippen LogP contribution in [0.25, 0.3) is 10.8 Å². The zero-order valence-electron chi connectivity index (χ0n) is 25.6. The van der Waals surface area contributed by atoms with Gasteiger partial charge < -0.3 is 31.3 Å². The van der Waals surface area contributed by atoms with Crippen molar-refractivity contribution in [3.8, 4) is 0 Å². The maximum absolute atomic E-state index is 13.5. The summed E-state index contributed by atoms with van der Waals surface area (Å²) in [5.41, 5.74) is -0.407. The Bertz CT molecular complexity index is 1310. The molecule has 0 radical (unpaired) electrons. The normalized spacial score (nSPS) is 21.5. The summed E-state index contributed by atoms with van der Waals surface area (Å²) >= 11 is 0. The first-order chi connectivity index (χ1) is 19.9. The van der Waals surface area contributed by atoms with E-state index in [9.17, 15) is 24.3 Å². The van der Waals surface area contributed by atoms with E-state index in [0.717, 1.165) is 35.7 Å². The van der Waals surface area contributed by atoms with Crippen LogP contribution >= 0.6 is 12.4 Å². The number of hydrogen-bond donors (Lipinski definition) is 5. The number of carbonyl (C=O) groups excluding carboxylic acids is 4. The van der Waals surface area contributed by atoms with Gasteiger partial charge in [0.15, 0.2) is 0 Å². The van der Waals surface area contributed by atoms with E-state index >= 15 is 0 Å². The third-order valence-electron chi connectivity index (χ3n) is 8.22. The minimum Gasteiger partial charge on any atom is -0.389 e. The van der Waals surface area contributed by atoms with E-state index in [1.54, 1.807) is 4.90 Å². The first-order valence-electron chi connectivity index (χ1n) is 15.0. The molecule has 2 aromatic rings. The van der Waals surface area contributed by atoms with Crippen LogP contribution in [0.5, 0.6) is 0 Å². The van der Waals surface area contributed by atoms with Gasteiger partial charge in [0.1, 0.15) is 12.1 Å². The van der Waals surface area contributed by atoms with Gasteiger partial charge in [-0.15, -0.1) is 12.4 Å². The molecule has 4 rings (SSSR count). The summed E-state index contributed by atoms with van der Waals surface area (Å²) in [7, 11) is 0. The van der Waals surface area contributed by atoms with Gasteiger partial charge in [-0.1, -0.05) is 63.2 Å². The molecule has 2 fully saturated rings. The van der Waals surface area contributed by atoms with Gasteiger partial charge in [-0.05, 0) is 55.5 Å². The SMILES string of the molecule is CC(C)(C)C(=O)N1CCCC1C(=O)N[C@H](Cc1ccc2ccccc2c1)C(=O)NCC(O)CNC(=O)[C@@]1(C)CCCN1.Cl. The average molecular weight is 616 g/mol. The zero-order valence-corrected chi connectivity index (χ0v) is 26.4. The molecule has 2 aliphatic heterocycles. The van der Waals surface area contributed by atoms with Crippen LogP contribution in [0, 0.1) is 5.41 Å². The van der Waals surface area contributed by atoms with E-state index in [-0.39, 0.29) is 49.6 Å². The van der Waals surface area contributed by atoms with Gasteiger partial charge in [-0.2, -0.15) is 0 Å². The third-order valence-corrected chi connectivity index (χ3v) is 8.22. The molecule has 0 saturated carbocycles. The fourth-order valence-corrected chi connectivity index (χ4v) is 5.70. The highest BCUT2D eigenvalue weighted by Gasteiger charge is 2.40. The third kappa shape index (κ3) is 8.68. The predicted molar refractivity (Wildman–Crippen MR) is 169 cm³/mol. The Hall–Kier alpha value is -3.21. The summed E-state index contributed by atoms with van der Waals surface area (Å²) in [5.74, 6) is -1.09. The second kappa shape index (κ2) is 14.5. The molecular weight excluding hydrogens is 570 g/mol. The van der Waals surface area contributed by atoms with Crippen molar-refractivity contribution in [1.82, 2.24) is 26.2 Å². The Morgan fingerprint density at radius 3 is 2.42 bits per heavy atom. The van der Waals surface area contributed by atoms with Crippen LogP contribution < -0.4 is 21.3 Å². The standard InChI is InChI=1S/C32H45N5O5.ClH/c1-31(2,3)30(42)37-16-7-11-26(37)28(40)36-25(18-21-12-13-22-9-5-6-10-23(22)17-21)27(39)33-19-24(38)20-34-29(41)32(4)14-8-15-35-32;/h5-6,9-10,12-13,17,24-26,35,38H,7-8,11,14-16,18-20H2,1-4H3,(H,33,39)(H,34,41)(H,36,40);1H/t24?,25-,26?,32-;/m1./s1. The van der Waals surface area contributed by atoms with E-state index < -0.39 is 35.0 Å². The lowest BCUT2D eigenvalue weighted by molar-refractivity contribution is -0.145. The van der Waals surface area contributed by atoms with Gasteiger partial charge >= 0.3 is 0 Å². The van der Waals surface area contributed by atoms with Gasteiger partial charge in [0.05, 0.1) is 11.6 Å². The Morgan fingerprint density at radius 1 is 1.05 bits per heavy atom. The van der Waals surface area contributed by atoms with E-state index in [2.05, 4.69) is 21.3 Å². The van der Waals surface area contributed by atoms with Gasteiger partial charge in [0.25, 0.3) is 0 Å². The van der Waals surface area contributed by atoms with Crippen molar-refractivity contribution in [2.75, 3.05) is 26.2 Å². The van der Waals surface area contributed by atoms with Crippen LogP contribution in [0.15, 0.2) is 42.5 Å². The van der Waals surface area contributed by atoms with Gasteiger partial charge in [-0.3, -0.25) is 19.2 Å². The van der Waals surface area contributed by atoms with Crippen molar-refractivity contribution in [2.24, 2.45) is 5.41 Å². The fraction of sp³-hybridized carbons (Fsp3) is 0.562. The number of aliphatic hydroxyl groups is 1. The van der Waals surface area contributed by atoms with Crippen molar-refractivity contribution in [2.45, 2.75) is 83.5 Å². The zero-order chi connectivity index (χ0) is 30.5. The molecular formula is C32H46ClN5O5. The molecule has 4 amide bonds. The number of benzene rings is 2. The first kappa shape index (κ1) is 34.3. The molecule has 4 atom stereocenters. The summed E-state index contributed by atoms with van der Waals surface area (Å²) in [6.07, 6.45) is 2.11. The topological polar surface area (TPSA) is 140 Å². The fourth-order valence-electron chi connectivity index (χ4n) is 5.70. The number of carbonyl (C=O) groups is 4. The minimum absolute atomic E-state index is 0. The summed E-state index contributed by atoms with van der Waals surface area (Å²) in [6, 6.07) is 12.3. The van der Waals surface area contributed by atoms with Crippen molar-refractivity contribution < 1.29 is 24.3 Å². The van der Waals surface area contributed by atoms with Gasteiger partial charge in [0, 0.05) is 31.5 Å². The second-order valence-electron chi connectivity index (χ2n) is 12.8. The smallest absolute Gasteiger partial charge is 0.243 e. The van der Waals surface area contributed by atoms with Gasteiger partial charge in [0.2, 0.25) is 23.6 Å². The lowest BCUT2D eigenvalue weighted by atomic mass is 9.94. The van der Waals surface area contributed by atoms with Crippen LogP contribution in [0.3, 0.4) is 0 Å². The molecule has 0 bridgehead atoms.